The summed E-state index contributed by atoms with van der Waals surface area (Å²) in [5.74, 6) is -1.56. The van der Waals surface area contributed by atoms with Crippen LogP contribution < -0.4 is 11.1 Å². The molecule has 0 bridgehead atoms. The molecule has 9 heteroatoms. The van der Waals surface area contributed by atoms with Crippen molar-refractivity contribution in [2.45, 2.75) is 18.4 Å². The first-order valence-corrected chi connectivity index (χ1v) is 9.67. The molecule has 1 atom stereocenters. The minimum absolute atomic E-state index is 0.000190. The number of nitrogens with zero attached hydrogens (tertiary/aromatic N) is 2. The van der Waals surface area contributed by atoms with Gasteiger partial charge in [-0.05, 0) is 22.3 Å². The largest absolute Gasteiger partial charge is 0.449 e. The number of alkyl carbamates (subject to hydrolysis) is 1. The van der Waals surface area contributed by atoms with Crippen LogP contribution in [0.15, 0.2) is 61.1 Å². The van der Waals surface area contributed by atoms with Crippen LogP contribution in [-0.2, 0) is 16.0 Å². The molecule has 154 valence electrons. The number of nitrogens with two attached hydrogens (primary N) is 1. The third kappa shape index (κ3) is 4.21. The van der Waals surface area contributed by atoms with Gasteiger partial charge in [-0.2, -0.15) is 0 Å². The Morgan fingerprint density at radius 2 is 1.71 bits per heavy atom. The zero-order valence-electron chi connectivity index (χ0n) is 16.5. The second kappa shape index (κ2) is 8.47. The molecule has 0 saturated heterocycles. The van der Waals surface area contributed by atoms with Crippen molar-refractivity contribution in [1.82, 2.24) is 14.9 Å². The molecule has 1 aromatic heterocycles. The number of fused-ring (bicyclic) bond motifs is 3. The third-order valence-corrected chi connectivity index (χ3v) is 5.28. The van der Waals surface area contributed by atoms with Crippen molar-refractivity contribution >= 4 is 25.7 Å². The Morgan fingerprint density at radius 3 is 2.26 bits per heavy atom. The summed E-state index contributed by atoms with van der Waals surface area (Å²) in [6.45, 7) is 0.113. The summed E-state index contributed by atoms with van der Waals surface area (Å²) in [6.07, 6.45) is 1.83. The van der Waals surface area contributed by atoms with Gasteiger partial charge in [0.2, 0.25) is 13.8 Å². The first-order valence-electron chi connectivity index (χ1n) is 9.67. The Hall–Kier alpha value is -3.88. The van der Waals surface area contributed by atoms with Crippen molar-refractivity contribution in [1.29, 1.82) is 0 Å². The maximum Gasteiger partial charge on any atom is 0.407 e. The van der Waals surface area contributed by atoms with Gasteiger partial charge in [0.1, 0.15) is 19.0 Å². The third-order valence-electron chi connectivity index (χ3n) is 5.28. The van der Waals surface area contributed by atoms with E-state index in [9.17, 15) is 14.4 Å². The Bertz CT molecular complexity index is 1110. The number of primary amides is 1. The minimum Gasteiger partial charge on any atom is -0.449 e. The molecule has 8 nitrogen and oxygen atoms in total. The monoisotopic (exact) mass is 414 g/mol. The average molecular weight is 414 g/mol. The van der Waals surface area contributed by atoms with E-state index in [4.69, 9.17) is 18.3 Å². The molecule has 2 radical (unpaired) electrons. The molecule has 0 aliphatic heterocycles. The van der Waals surface area contributed by atoms with E-state index in [1.54, 1.807) is 0 Å². The molecule has 3 N–H and O–H groups in total. The fraction of sp³-hybridized carbons (Fsp3) is 0.182. The number of rotatable bonds is 6. The van der Waals surface area contributed by atoms with E-state index in [-0.39, 0.29) is 18.9 Å². The molecule has 1 unspecified atom stereocenters. The van der Waals surface area contributed by atoms with Crippen molar-refractivity contribution in [3.05, 3.63) is 77.9 Å². The predicted octanol–water partition coefficient (Wildman–Crippen LogP) is 1.95. The lowest BCUT2D eigenvalue weighted by molar-refractivity contribution is -0.119. The van der Waals surface area contributed by atoms with Gasteiger partial charge in [0.05, 0.1) is 5.69 Å². The predicted molar refractivity (Wildman–Crippen MR) is 114 cm³/mol. The summed E-state index contributed by atoms with van der Waals surface area (Å²) in [7, 11) is 5.17. The van der Waals surface area contributed by atoms with Gasteiger partial charge in [-0.1, -0.05) is 48.5 Å². The minimum atomic E-state index is -1.05. The topological polar surface area (TPSA) is 116 Å². The maximum atomic E-state index is 12.4. The van der Waals surface area contributed by atoms with E-state index in [1.165, 1.54) is 12.5 Å². The fourth-order valence-corrected chi connectivity index (χ4v) is 3.80. The maximum absolute atomic E-state index is 12.4. The smallest absolute Gasteiger partial charge is 0.407 e. The van der Waals surface area contributed by atoms with Crippen LogP contribution in [0.25, 0.3) is 11.1 Å². The molecule has 0 fully saturated rings. The van der Waals surface area contributed by atoms with Gasteiger partial charge in [0, 0.05) is 18.5 Å². The van der Waals surface area contributed by atoms with Crippen molar-refractivity contribution in [2.24, 2.45) is 5.73 Å². The highest BCUT2D eigenvalue weighted by atomic mass is 16.5. The first kappa shape index (κ1) is 20.4. The molecule has 1 aliphatic rings. The Balaban J connectivity index is 1.42. The van der Waals surface area contributed by atoms with E-state index >= 15 is 0 Å². The van der Waals surface area contributed by atoms with Crippen LogP contribution in [0, 0.1) is 0 Å². The highest BCUT2D eigenvalue weighted by Crippen LogP contribution is 2.44. The highest BCUT2D eigenvalue weighted by molar-refractivity contribution is 6.57. The number of hydrogen-bond donors (Lipinski definition) is 2. The van der Waals surface area contributed by atoms with Gasteiger partial charge < -0.3 is 15.8 Å². The number of ether oxygens (including phenoxy) is 1. The first-order chi connectivity index (χ1) is 14.9. The molecule has 0 spiro atoms. The number of aromatic nitrogens is 2. The summed E-state index contributed by atoms with van der Waals surface area (Å²) in [6, 6.07) is 14.9. The molecule has 4 rings (SSSR count). The number of carbonyl (C=O) groups is 3. The summed E-state index contributed by atoms with van der Waals surface area (Å²) in [5.41, 5.74) is 10.2. The van der Waals surface area contributed by atoms with Crippen LogP contribution >= 0.6 is 0 Å². The number of hydrogen-bond acceptors (Lipinski definition) is 5. The van der Waals surface area contributed by atoms with Crippen LogP contribution in [0.3, 0.4) is 0 Å². The summed E-state index contributed by atoms with van der Waals surface area (Å²) in [5, 5.41) is 2.47. The standard InChI is InChI=1S/C22H19BN4O4/c23-21(29)27-10-13(25-12-27)9-19(20(24)28)26-22(30)31-11-18-16-7-3-1-5-14(16)15-6-2-4-8-17(15)18/h1-8,10,12,18-19H,9,11H2,(H2,24,28)(H,26,30). The quantitative estimate of drug-likeness (QED) is 0.599. The molecule has 2 aromatic carbocycles. The number of benzene rings is 2. The van der Waals surface area contributed by atoms with E-state index in [1.807, 2.05) is 48.5 Å². The van der Waals surface area contributed by atoms with Crippen LogP contribution in [0.4, 0.5) is 9.59 Å². The molecule has 0 saturated carbocycles. The average Bonchev–Trinajstić information content (AvgIpc) is 3.35. The lowest BCUT2D eigenvalue weighted by atomic mass is 9.98. The molecule has 3 aromatic rings. The van der Waals surface area contributed by atoms with Crippen molar-refractivity contribution in [3.63, 3.8) is 0 Å². The zero-order chi connectivity index (χ0) is 22.0. The number of nitrogens with one attached hydrogen (secondary N) is 1. The van der Waals surface area contributed by atoms with Crippen molar-refractivity contribution in [3.8, 4) is 11.1 Å². The van der Waals surface area contributed by atoms with Gasteiger partial charge in [-0.3, -0.25) is 14.2 Å². The van der Waals surface area contributed by atoms with Gasteiger partial charge in [-0.15, -0.1) is 0 Å². The number of carbonyl (C=O) groups excluding carboxylic acids is 3. The SMILES string of the molecule is [B]C(=O)n1cnc(CC(NC(=O)OCC2c3ccccc3-c3ccccc32)C(N)=O)c1. The number of imidazole rings is 1. The molecule has 31 heavy (non-hydrogen) atoms. The zero-order valence-corrected chi connectivity index (χ0v) is 16.5. The van der Waals surface area contributed by atoms with Gasteiger partial charge in [0.25, 0.3) is 0 Å². The molecular formula is C22H19BN4O4. The van der Waals surface area contributed by atoms with Crippen LogP contribution in [0.5, 0.6) is 0 Å². The molecule has 1 aliphatic carbocycles. The van der Waals surface area contributed by atoms with E-state index < -0.39 is 23.8 Å². The van der Waals surface area contributed by atoms with Gasteiger partial charge in [0.15, 0.2) is 5.81 Å². The van der Waals surface area contributed by atoms with Crippen molar-refractivity contribution < 1.29 is 19.1 Å². The Kier molecular flexibility index (Phi) is 5.57. The van der Waals surface area contributed by atoms with E-state index in [0.717, 1.165) is 26.8 Å². The lowest BCUT2D eigenvalue weighted by Crippen LogP contribution is -2.46. The fourth-order valence-electron chi connectivity index (χ4n) is 3.80. The lowest BCUT2D eigenvalue weighted by Gasteiger charge is -2.17. The van der Waals surface area contributed by atoms with Gasteiger partial charge >= 0.3 is 6.09 Å². The second-order valence-electron chi connectivity index (χ2n) is 7.24. The highest BCUT2D eigenvalue weighted by Gasteiger charge is 2.29. The Morgan fingerprint density at radius 1 is 1.10 bits per heavy atom. The Labute approximate surface area is 179 Å². The van der Waals surface area contributed by atoms with Crippen molar-refractivity contribution in [2.75, 3.05) is 6.61 Å². The normalized spacial score (nSPS) is 13.2. The van der Waals surface area contributed by atoms with Gasteiger partial charge in [-0.25, -0.2) is 9.78 Å². The summed E-state index contributed by atoms with van der Waals surface area (Å²) < 4.78 is 6.51. The van der Waals surface area contributed by atoms with Crippen LogP contribution in [0.2, 0.25) is 0 Å². The van der Waals surface area contributed by atoms with Crippen LogP contribution in [-0.4, -0.2) is 47.9 Å². The summed E-state index contributed by atoms with van der Waals surface area (Å²) in [4.78, 5) is 39.3. The van der Waals surface area contributed by atoms with Crippen LogP contribution in [0.1, 0.15) is 22.7 Å². The number of amides is 2. The van der Waals surface area contributed by atoms with E-state index in [2.05, 4.69) is 10.3 Å². The molecule has 2 amide bonds. The molecular weight excluding hydrogens is 395 g/mol. The van der Waals surface area contributed by atoms with E-state index in [0.29, 0.717) is 5.69 Å². The second-order valence-corrected chi connectivity index (χ2v) is 7.24. The summed E-state index contributed by atoms with van der Waals surface area (Å²) >= 11 is 0. The molecule has 1 heterocycles.